The maximum Gasteiger partial charge on any atom is 0.0453 e. The highest BCUT2D eigenvalue weighted by atomic mass is 35.5. The van der Waals surface area contributed by atoms with Crippen molar-refractivity contribution in [2.45, 2.75) is 25.8 Å². The number of halogens is 1. The van der Waals surface area contributed by atoms with E-state index in [4.69, 9.17) is 16.7 Å². The second kappa shape index (κ2) is 4.67. The minimum atomic E-state index is -0.0947. The first-order valence-electron chi connectivity index (χ1n) is 4.68. The minimum absolute atomic E-state index is 0.0947. The van der Waals surface area contributed by atoms with Gasteiger partial charge in [-0.2, -0.15) is 0 Å². The van der Waals surface area contributed by atoms with Gasteiger partial charge in [-0.25, -0.2) is 0 Å². The third kappa shape index (κ3) is 3.56. The molecule has 1 aromatic rings. The molecule has 0 heterocycles. The Hall–Kier alpha value is -0.730. The van der Waals surface area contributed by atoms with E-state index in [-0.39, 0.29) is 12.1 Å². The van der Waals surface area contributed by atoms with Crippen LogP contribution in [0.5, 0.6) is 0 Å². The van der Waals surface area contributed by atoms with Crippen LogP contribution in [0.4, 0.5) is 5.69 Å². The number of aliphatic hydroxyl groups excluding tert-OH is 1. The van der Waals surface area contributed by atoms with Crippen molar-refractivity contribution in [2.24, 2.45) is 0 Å². The van der Waals surface area contributed by atoms with Crippen LogP contribution in [0.2, 0.25) is 5.02 Å². The van der Waals surface area contributed by atoms with Gasteiger partial charge in [0.05, 0.1) is 0 Å². The number of anilines is 1. The van der Waals surface area contributed by atoms with Crippen LogP contribution in [0.15, 0.2) is 24.3 Å². The molecule has 0 amide bonds. The molecule has 0 spiro atoms. The average molecular weight is 214 g/mol. The Bertz CT molecular complexity index is 282. The molecule has 0 fully saturated rings. The zero-order valence-corrected chi connectivity index (χ0v) is 9.30. The Labute approximate surface area is 89.9 Å². The van der Waals surface area contributed by atoms with Crippen LogP contribution in [0, 0.1) is 0 Å². The van der Waals surface area contributed by atoms with Gasteiger partial charge in [0.15, 0.2) is 0 Å². The number of rotatable bonds is 4. The van der Waals surface area contributed by atoms with E-state index in [1.54, 1.807) is 0 Å². The van der Waals surface area contributed by atoms with Crippen molar-refractivity contribution in [3.8, 4) is 0 Å². The molecule has 0 aliphatic carbocycles. The van der Waals surface area contributed by atoms with Gasteiger partial charge in [-0.1, -0.05) is 11.6 Å². The largest absolute Gasteiger partial charge is 0.396 e. The summed E-state index contributed by atoms with van der Waals surface area (Å²) in [6.07, 6.45) is 0.718. The minimum Gasteiger partial charge on any atom is -0.396 e. The van der Waals surface area contributed by atoms with Crippen LogP contribution in [0.1, 0.15) is 20.3 Å². The van der Waals surface area contributed by atoms with Crippen LogP contribution < -0.4 is 5.32 Å². The van der Waals surface area contributed by atoms with Crippen molar-refractivity contribution in [3.05, 3.63) is 29.3 Å². The van der Waals surface area contributed by atoms with Gasteiger partial charge in [0.2, 0.25) is 0 Å². The summed E-state index contributed by atoms with van der Waals surface area (Å²) in [7, 11) is 0. The molecule has 1 aromatic carbocycles. The molecule has 2 nitrogen and oxygen atoms in total. The van der Waals surface area contributed by atoms with Gasteiger partial charge < -0.3 is 10.4 Å². The van der Waals surface area contributed by atoms with E-state index >= 15 is 0 Å². The van der Waals surface area contributed by atoms with Crippen molar-refractivity contribution in [3.63, 3.8) is 0 Å². The summed E-state index contributed by atoms with van der Waals surface area (Å²) < 4.78 is 0. The molecule has 14 heavy (non-hydrogen) atoms. The van der Waals surface area contributed by atoms with Crippen LogP contribution in [-0.2, 0) is 0 Å². The van der Waals surface area contributed by atoms with Gasteiger partial charge in [-0.15, -0.1) is 0 Å². The van der Waals surface area contributed by atoms with Gasteiger partial charge in [0.25, 0.3) is 0 Å². The van der Waals surface area contributed by atoms with Crippen LogP contribution >= 0.6 is 11.6 Å². The fourth-order valence-corrected chi connectivity index (χ4v) is 1.39. The third-order valence-electron chi connectivity index (χ3n) is 2.06. The average Bonchev–Trinajstić information content (AvgIpc) is 2.08. The topological polar surface area (TPSA) is 32.3 Å². The first kappa shape index (κ1) is 11.3. The molecule has 0 atom stereocenters. The fraction of sp³-hybridized carbons (Fsp3) is 0.455. The molecular formula is C11H16ClNO. The second-order valence-electron chi connectivity index (χ2n) is 3.99. The quantitative estimate of drug-likeness (QED) is 0.806. The SMILES string of the molecule is CC(C)(CCO)Nc1ccc(Cl)cc1. The number of benzene rings is 1. The molecule has 0 aliphatic rings. The molecule has 0 saturated heterocycles. The Kier molecular flexibility index (Phi) is 3.78. The highest BCUT2D eigenvalue weighted by molar-refractivity contribution is 6.30. The van der Waals surface area contributed by atoms with E-state index < -0.39 is 0 Å². The van der Waals surface area contributed by atoms with E-state index in [2.05, 4.69) is 19.2 Å². The Morgan fingerprint density at radius 2 is 1.86 bits per heavy atom. The predicted molar refractivity (Wildman–Crippen MR) is 60.9 cm³/mol. The van der Waals surface area contributed by atoms with E-state index in [9.17, 15) is 0 Å². The molecule has 1 rings (SSSR count). The second-order valence-corrected chi connectivity index (χ2v) is 4.43. The zero-order valence-electron chi connectivity index (χ0n) is 8.55. The van der Waals surface area contributed by atoms with E-state index in [1.165, 1.54) is 0 Å². The Morgan fingerprint density at radius 3 is 2.36 bits per heavy atom. The number of hydrogen-bond acceptors (Lipinski definition) is 2. The monoisotopic (exact) mass is 213 g/mol. The van der Waals surface area contributed by atoms with E-state index in [0.717, 1.165) is 17.1 Å². The molecular weight excluding hydrogens is 198 g/mol. The lowest BCUT2D eigenvalue weighted by Crippen LogP contribution is -2.31. The molecule has 2 N–H and O–H groups in total. The maximum atomic E-state index is 8.86. The summed E-state index contributed by atoms with van der Waals surface area (Å²) in [5.74, 6) is 0. The number of nitrogens with one attached hydrogen (secondary N) is 1. The summed E-state index contributed by atoms with van der Waals surface area (Å²) in [4.78, 5) is 0. The third-order valence-corrected chi connectivity index (χ3v) is 2.32. The first-order chi connectivity index (χ1) is 6.53. The molecule has 3 heteroatoms. The Morgan fingerprint density at radius 1 is 1.29 bits per heavy atom. The zero-order chi connectivity index (χ0) is 10.6. The number of hydrogen-bond donors (Lipinski definition) is 2. The fourth-order valence-electron chi connectivity index (χ4n) is 1.27. The van der Waals surface area contributed by atoms with Gasteiger partial charge in [-0.05, 0) is 44.5 Å². The molecule has 0 aliphatic heterocycles. The van der Waals surface area contributed by atoms with Crippen LogP contribution in [0.25, 0.3) is 0 Å². The highest BCUT2D eigenvalue weighted by Crippen LogP contribution is 2.19. The summed E-state index contributed by atoms with van der Waals surface area (Å²) >= 11 is 5.78. The maximum absolute atomic E-state index is 8.86. The molecule has 0 aromatic heterocycles. The lowest BCUT2D eigenvalue weighted by Gasteiger charge is -2.26. The van der Waals surface area contributed by atoms with Gasteiger partial charge in [-0.3, -0.25) is 0 Å². The van der Waals surface area contributed by atoms with Crippen molar-refractivity contribution in [2.75, 3.05) is 11.9 Å². The van der Waals surface area contributed by atoms with Crippen molar-refractivity contribution in [1.29, 1.82) is 0 Å². The van der Waals surface area contributed by atoms with Crippen molar-refractivity contribution in [1.82, 2.24) is 0 Å². The van der Waals surface area contributed by atoms with Crippen LogP contribution in [-0.4, -0.2) is 17.3 Å². The van der Waals surface area contributed by atoms with E-state index in [1.807, 2.05) is 24.3 Å². The lowest BCUT2D eigenvalue weighted by atomic mass is 10.0. The summed E-state index contributed by atoms with van der Waals surface area (Å²) in [5, 5.41) is 12.9. The molecule has 0 bridgehead atoms. The summed E-state index contributed by atoms with van der Waals surface area (Å²) in [6.45, 7) is 4.29. The van der Waals surface area contributed by atoms with Gasteiger partial charge >= 0.3 is 0 Å². The smallest absolute Gasteiger partial charge is 0.0453 e. The summed E-state index contributed by atoms with van der Waals surface area (Å²) in [5.41, 5.74) is 0.926. The van der Waals surface area contributed by atoms with Crippen LogP contribution in [0.3, 0.4) is 0 Å². The Balaban J connectivity index is 2.64. The molecule has 0 saturated carbocycles. The van der Waals surface area contributed by atoms with E-state index in [0.29, 0.717) is 0 Å². The predicted octanol–water partition coefficient (Wildman–Crippen LogP) is 2.91. The van der Waals surface area contributed by atoms with Gasteiger partial charge in [0.1, 0.15) is 0 Å². The van der Waals surface area contributed by atoms with Crippen molar-refractivity contribution < 1.29 is 5.11 Å². The van der Waals surface area contributed by atoms with Crippen molar-refractivity contribution >= 4 is 17.3 Å². The standard InChI is InChI=1S/C11H16ClNO/c1-11(2,7-8-14)13-10-5-3-9(12)4-6-10/h3-6,13-14H,7-8H2,1-2H3. The molecule has 0 radical (unpaired) electrons. The summed E-state index contributed by atoms with van der Waals surface area (Å²) in [6, 6.07) is 7.56. The molecule has 0 unspecified atom stereocenters. The number of aliphatic hydroxyl groups is 1. The molecule has 78 valence electrons. The normalized spacial score (nSPS) is 11.4. The lowest BCUT2D eigenvalue weighted by molar-refractivity contribution is 0.261. The highest BCUT2D eigenvalue weighted by Gasteiger charge is 2.15. The van der Waals surface area contributed by atoms with Gasteiger partial charge in [0, 0.05) is 22.9 Å². The first-order valence-corrected chi connectivity index (χ1v) is 5.06.